The molecule has 0 bridgehead atoms. The van der Waals surface area contributed by atoms with Crippen LogP contribution in [0.15, 0.2) is 170 Å². The van der Waals surface area contributed by atoms with Gasteiger partial charge in [-0.1, -0.05) is 109 Å². The molecule has 0 radical (unpaired) electrons. The molecule has 0 N–H and O–H groups in total. The maximum Gasteiger partial charge on any atom is 0.0555 e. The van der Waals surface area contributed by atoms with Gasteiger partial charge in [0.15, 0.2) is 0 Å². The van der Waals surface area contributed by atoms with E-state index in [1.54, 1.807) is 0 Å². The number of hydrogen-bond donors (Lipinski definition) is 0. The molecule has 0 fully saturated rings. The van der Waals surface area contributed by atoms with Crippen LogP contribution in [0.4, 0.5) is 17.1 Å². The number of rotatable bonds is 4. The van der Waals surface area contributed by atoms with Gasteiger partial charge in [-0.3, -0.25) is 4.98 Å². The Morgan fingerprint density at radius 1 is 0.396 bits per heavy atom. The number of aromatic nitrogens is 1. The van der Waals surface area contributed by atoms with E-state index in [9.17, 15) is 0 Å². The van der Waals surface area contributed by atoms with Crippen molar-refractivity contribution in [1.29, 1.82) is 0 Å². The number of nitrogens with zero attached hydrogens (tertiary/aromatic N) is 2. The first kappa shape index (κ1) is 27.1. The van der Waals surface area contributed by atoms with Crippen LogP contribution in [0, 0.1) is 0 Å². The molecule has 2 nitrogen and oxygen atoms in total. The maximum atomic E-state index is 4.48. The second-order valence-corrected chi connectivity index (χ2v) is 13.4. The Kier molecular flexibility index (Phi) is 6.08. The molecule has 0 saturated heterocycles. The van der Waals surface area contributed by atoms with Crippen molar-refractivity contribution in [3.63, 3.8) is 0 Å². The highest BCUT2D eigenvalue weighted by molar-refractivity contribution is 7.26. The average molecular weight is 629 g/mol. The molecule has 0 spiro atoms. The number of hydrogen-bond acceptors (Lipinski definition) is 3. The summed E-state index contributed by atoms with van der Waals surface area (Å²) in [6.07, 6.45) is 3.81. The fourth-order valence-corrected chi connectivity index (χ4v) is 8.64. The van der Waals surface area contributed by atoms with Crippen LogP contribution in [0.3, 0.4) is 0 Å². The summed E-state index contributed by atoms with van der Waals surface area (Å²) in [5.74, 6) is 0. The molecule has 0 amide bonds. The molecule has 2 aromatic heterocycles. The van der Waals surface area contributed by atoms with Crippen molar-refractivity contribution in [2.24, 2.45) is 0 Å². The van der Waals surface area contributed by atoms with Crippen molar-refractivity contribution in [1.82, 2.24) is 4.98 Å². The zero-order valence-corrected chi connectivity index (χ0v) is 26.8. The molecule has 0 aliphatic carbocycles. The minimum atomic E-state index is 1.11. The quantitative estimate of drug-likeness (QED) is 0.193. The Morgan fingerprint density at radius 2 is 1.10 bits per heavy atom. The van der Waals surface area contributed by atoms with Gasteiger partial charge in [-0.05, 0) is 87.3 Å². The van der Waals surface area contributed by atoms with Crippen molar-refractivity contribution in [2.45, 2.75) is 0 Å². The lowest BCUT2D eigenvalue weighted by Gasteiger charge is -2.35. The SMILES string of the molecule is c1ccc(-c2ccc(-c3ccc4c5c(cc(-c6cccnc6)cc35)-c3ccccc3N4c3cccc4sc5ccccc5c34)cc2)cc1. The summed E-state index contributed by atoms with van der Waals surface area (Å²) >= 11 is 1.87. The van der Waals surface area contributed by atoms with E-state index in [1.165, 1.54) is 87.0 Å². The van der Waals surface area contributed by atoms with Crippen molar-refractivity contribution >= 4 is 59.3 Å². The van der Waals surface area contributed by atoms with Gasteiger partial charge in [0.2, 0.25) is 0 Å². The number of fused-ring (bicyclic) bond motifs is 5. The normalized spacial score (nSPS) is 12.1. The maximum absolute atomic E-state index is 4.48. The summed E-state index contributed by atoms with van der Waals surface area (Å²) < 4.78 is 2.61. The van der Waals surface area contributed by atoms with E-state index in [0.717, 1.165) is 5.56 Å². The molecule has 48 heavy (non-hydrogen) atoms. The largest absolute Gasteiger partial charge is 0.309 e. The Bertz CT molecular complexity index is 2660. The van der Waals surface area contributed by atoms with Gasteiger partial charge in [0.05, 0.1) is 17.1 Å². The summed E-state index contributed by atoms with van der Waals surface area (Å²) in [5, 5.41) is 5.10. The van der Waals surface area contributed by atoms with Gasteiger partial charge in [-0.2, -0.15) is 0 Å². The molecule has 0 atom stereocenters. The van der Waals surface area contributed by atoms with Crippen molar-refractivity contribution in [2.75, 3.05) is 4.90 Å². The van der Waals surface area contributed by atoms with E-state index in [0.29, 0.717) is 0 Å². The van der Waals surface area contributed by atoms with Crippen LogP contribution < -0.4 is 4.90 Å². The smallest absolute Gasteiger partial charge is 0.0555 e. The summed E-state index contributed by atoms with van der Waals surface area (Å²) in [4.78, 5) is 6.98. The van der Waals surface area contributed by atoms with Crippen LogP contribution in [0.5, 0.6) is 0 Å². The fraction of sp³-hybridized carbons (Fsp3) is 0. The lowest BCUT2D eigenvalue weighted by atomic mass is 9.85. The monoisotopic (exact) mass is 628 g/mol. The van der Waals surface area contributed by atoms with Crippen LogP contribution in [0.1, 0.15) is 0 Å². The summed E-state index contributed by atoms with van der Waals surface area (Å²) in [7, 11) is 0. The van der Waals surface area contributed by atoms with Gasteiger partial charge in [0.25, 0.3) is 0 Å². The van der Waals surface area contributed by atoms with E-state index < -0.39 is 0 Å². The standard InChI is InChI=1S/C45H28N2S/c1-2-10-29(11-3-1)30-19-21-31(22-20-30)34-23-24-41-44-37(34)26-33(32-12-9-25-46-28-32)27-38(44)35-13-4-6-15-39(35)47(41)40-16-8-18-43-45(40)36-14-5-7-17-42(36)48-43/h1-28H. The highest BCUT2D eigenvalue weighted by Gasteiger charge is 2.29. The third-order valence-electron chi connectivity index (χ3n) is 9.69. The molecule has 7 aromatic carbocycles. The van der Waals surface area contributed by atoms with Crippen LogP contribution in [0.25, 0.3) is 75.5 Å². The molecule has 9 aromatic rings. The van der Waals surface area contributed by atoms with Crippen molar-refractivity contribution in [3.8, 4) is 44.5 Å². The van der Waals surface area contributed by atoms with Gasteiger partial charge in [-0.15, -0.1) is 11.3 Å². The van der Waals surface area contributed by atoms with Gasteiger partial charge < -0.3 is 4.90 Å². The van der Waals surface area contributed by atoms with Crippen LogP contribution in [-0.2, 0) is 0 Å². The first-order chi connectivity index (χ1) is 23.8. The summed E-state index contributed by atoms with van der Waals surface area (Å²) in [6.45, 7) is 0. The number of anilines is 3. The molecule has 1 aliphatic rings. The molecule has 224 valence electrons. The van der Waals surface area contributed by atoms with Crippen LogP contribution >= 0.6 is 11.3 Å². The number of para-hydroxylation sites is 1. The minimum Gasteiger partial charge on any atom is -0.309 e. The first-order valence-corrected chi connectivity index (χ1v) is 17.1. The van der Waals surface area contributed by atoms with Crippen LogP contribution in [0.2, 0.25) is 0 Å². The van der Waals surface area contributed by atoms with E-state index in [4.69, 9.17) is 0 Å². The predicted molar refractivity (Wildman–Crippen MR) is 205 cm³/mol. The Labute approximate surface area is 282 Å². The lowest BCUT2D eigenvalue weighted by Crippen LogP contribution is -2.15. The molecule has 10 rings (SSSR count). The van der Waals surface area contributed by atoms with Crippen molar-refractivity contribution < 1.29 is 0 Å². The number of thiophene rings is 1. The second-order valence-electron chi connectivity index (χ2n) is 12.4. The van der Waals surface area contributed by atoms with E-state index in [2.05, 4.69) is 162 Å². The Hall–Kier alpha value is -6.03. The van der Waals surface area contributed by atoms with Gasteiger partial charge in [-0.25, -0.2) is 0 Å². The third-order valence-corrected chi connectivity index (χ3v) is 10.8. The highest BCUT2D eigenvalue weighted by atomic mass is 32.1. The topological polar surface area (TPSA) is 16.1 Å². The molecular formula is C45H28N2S. The van der Waals surface area contributed by atoms with E-state index >= 15 is 0 Å². The van der Waals surface area contributed by atoms with Gasteiger partial charge in [0, 0.05) is 49.1 Å². The van der Waals surface area contributed by atoms with Crippen molar-refractivity contribution in [3.05, 3.63) is 170 Å². The summed E-state index contributed by atoms with van der Waals surface area (Å²) in [6, 6.07) is 57.6. The average Bonchev–Trinajstić information content (AvgIpc) is 3.55. The Balaban J connectivity index is 1.27. The number of pyridine rings is 1. The van der Waals surface area contributed by atoms with E-state index in [1.807, 2.05) is 29.8 Å². The molecular weight excluding hydrogens is 601 g/mol. The zero-order chi connectivity index (χ0) is 31.6. The molecule has 3 heteroatoms. The zero-order valence-electron chi connectivity index (χ0n) is 26.0. The molecule has 0 unspecified atom stereocenters. The molecule has 3 heterocycles. The second kappa shape index (κ2) is 10.8. The fourth-order valence-electron chi connectivity index (χ4n) is 7.52. The first-order valence-electron chi connectivity index (χ1n) is 16.3. The summed E-state index contributed by atoms with van der Waals surface area (Å²) in [5.41, 5.74) is 13.2. The van der Waals surface area contributed by atoms with Gasteiger partial charge in [0.1, 0.15) is 0 Å². The highest BCUT2D eigenvalue weighted by Crippen LogP contribution is 2.55. The lowest BCUT2D eigenvalue weighted by molar-refractivity contribution is 1.30. The predicted octanol–water partition coefficient (Wildman–Crippen LogP) is 13.1. The van der Waals surface area contributed by atoms with E-state index in [-0.39, 0.29) is 0 Å². The Morgan fingerprint density at radius 3 is 1.98 bits per heavy atom. The minimum absolute atomic E-state index is 1.11. The third kappa shape index (κ3) is 4.15. The molecule has 0 saturated carbocycles. The van der Waals surface area contributed by atoms with Gasteiger partial charge >= 0.3 is 0 Å². The number of benzene rings is 7. The van der Waals surface area contributed by atoms with Crippen LogP contribution in [-0.4, -0.2) is 4.98 Å². The molecule has 1 aliphatic heterocycles.